The molecule has 6 nitrogen and oxygen atoms in total. The van der Waals surface area contributed by atoms with Crippen LogP contribution in [0, 0.1) is 0 Å². The number of hydrogen-bond donors (Lipinski definition) is 2. The highest BCUT2D eigenvalue weighted by molar-refractivity contribution is 5.95. The summed E-state index contributed by atoms with van der Waals surface area (Å²) in [5, 5.41) is 2.56. The molecule has 2 N–H and O–H groups in total. The van der Waals surface area contributed by atoms with E-state index in [9.17, 15) is 14.4 Å². The molecule has 1 heterocycles. The fourth-order valence-electron chi connectivity index (χ4n) is 1.51. The first-order valence-corrected chi connectivity index (χ1v) is 5.86. The summed E-state index contributed by atoms with van der Waals surface area (Å²) in [6.45, 7) is -0.456. The molecule has 0 spiro atoms. The van der Waals surface area contributed by atoms with Gasteiger partial charge in [-0.15, -0.1) is 0 Å². The molecule has 0 radical (unpaired) electrons. The van der Waals surface area contributed by atoms with Crippen molar-refractivity contribution in [3.05, 3.63) is 64.6 Å². The zero-order valence-electron chi connectivity index (χ0n) is 10.5. The third-order valence-electron chi connectivity index (χ3n) is 2.43. The lowest BCUT2D eigenvalue weighted by atomic mass is 10.3. The van der Waals surface area contributed by atoms with Crippen LogP contribution in [0.3, 0.4) is 0 Å². The Labute approximate surface area is 114 Å². The lowest BCUT2D eigenvalue weighted by molar-refractivity contribution is -0.119. The number of rotatable bonds is 4. The van der Waals surface area contributed by atoms with Gasteiger partial charge in [0, 0.05) is 11.9 Å². The van der Waals surface area contributed by atoms with E-state index in [4.69, 9.17) is 4.74 Å². The number of benzene rings is 1. The van der Waals surface area contributed by atoms with Crippen molar-refractivity contribution >= 4 is 17.6 Å². The van der Waals surface area contributed by atoms with Crippen LogP contribution in [0.1, 0.15) is 10.4 Å². The van der Waals surface area contributed by atoms with Gasteiger partial charge in [0.2, 0.25) is 0 Å². The number of amides is 1. The zero-order valence-corrected chi connectivity index (χ0v) is 10.5. The van der Waals surface area contributed by atoms with Gasteiger partial charge >= 0.3 is 5.97 Å². The maximum atomic E-state index is 11.6. The van der Waals surface area contributed by atoms with Gasteiger partial charge in [-0.3, -0.25) is 9.59 Å². The monoisotopic (exact) mass is 272 g/mol. The normalized spacial score (nSPS) is 9.80. The van der Waals surface area contributed by atoms with Crippen LogP contribution in [-0.2, 0) is 9.53 Å². The predicted molar refractivity (Wildman–Crippen MR) is 72.4 cm³/mol. The number of ether oxygens (including phenoxy) is 1. The minimum atomic E-state index is -0.838. The summed E-state index contributed by atoms with van der Waals surface area (Å²) in [4.78, 5) is 36.8. The van der Waals surface area contributed by atoms with Crippen molar-refractivity contribution in [2.45, 2.75) is 0 Å². The van der Waals surface area contributed by atoms with Crippen LogP contribution in [0.2, 0.25) is 0 Å². The Bertz CT molecular complexity index is 664. The predicted octanol–water partition coefficient (Wildman–Crippen LogP) is 1.17. The van der Waals surface area contributed by atoms with Gasteiger partial charge in [0.05, 0.1) is 0 Å². The minimum absolute atomic E-state index is 0.139. The molecule has 1 amide bonds. The van der Waals surface area contributed by atoms with Crippen molar-refractivity contribution < 1.29 is 14.3 Å². The number of para-hydroxylation sites is 1. The largest absolute Gasteiger partial charge is 0.452 e. The first-order chi connectivity index (χ1) is 9.66. The Morgan fingerprint density at radius 1 is 1.10 bits per heavy atom. The Hall–Kier alpha value is -2.89. The summed E-state index contributed by atoms with van der Waals surface area (Å²) >= 11 is 0. The average molecular weight is 272 g/mol. The Balaban J connectivity index is 1.89. The molecule has 0 unspecified atom stereocenters. The molecule has 0 aliphatic carbocycles. The minimum Gasteiger partial charge on any atom is -0.452 e. The molecule has 6 heteroatoms. The van der Waals surface area contributed by atoms with E-state index in [0.717, 1.165) is 0 Å². The Morgan fingerprint density at radius 2 is 1.85 bits per heavy atom. The quantitative estimate of drug-likeness (QED) is 0.818. The molecule has 0 saturated heterocycles. The van der Waals surface area contributed by atoms with Gasteiger partial charge in [-0.25, -0.2) is 4.79 Å². The van der Waals surface area contributed by atoms with Gasteiger partial charge in [0.25, 0.3) is 11.5 Å². The Kier molecular flexibility index (Phi) is 4.28. The molecular weight excluding hydrogens is 260 g/mol. The van der Waals surface area contributed by atoms with E-state index in [1.54, 1.807) is 24.3 Å². The maximum Gasteiger partial charge on any atom is 0.344 e. The van der Waals surface area contributed by atoms with Crippen molar-refractivity contribution in [1.82, 2.24) is 4.98 Å². The molecule has 1 aromatic carbocycles. The van der Waals surface area contributed by atoms with Gasteiger partial charge in [-0.05, 0) is 24.3 Å². The number of esters is 1. The van der Waals surface area contributed by atoms with Crippen LogP contribution in [-0.4, -0.2) is 23.5 Å². The molecule has 0 aliphatic rings. The summed E-state index contributed by atoms with van der Waals surface area (Å²) < 4.78 is 4.77. The standard InChI is InChI=1S/C14H12N2O4/c17-12(16-10-5-2-1-3-6-10)9-20-14(19)11-7-4-8-15-13(11)18/h1-8H,9H2,(H,15,18)(H,16,17). The number of anilines is 1. The van der Waals surface area contributed by atoms with Crippen LogP contribution in [0.15, 0.2) is 53.5 Å². The molecule has 0 bridgehead atoms. The van der Waals surface area contributed by atoms with Crippen molar-refractivity contribution in [3.8, 4) is 0 Å². The van der Waals surface area contributed by atoms with Crippen LogP contribution in [0.5, 0.6) is 0 Å². The Morgan fingerprint density at radius 3 is 2.55 bits per heavy atom. The van der Waals surface area contributed by atoms with Gasteiger partial charge in [0.1, 0.15) is 5.56 Å². The fourth-order valence-corrected chi connectivity index (χ4v) is 1.51. The van der Waals surface area contributed by atoms with Crippen molar-refractivity contribution in [1.29, 1.82) is 0 Å². The fraction of sp³-hybridized carbons (Fsp3) is 0.0714. The van der Waals surface area contributed by atoms with E-state index in [2.05, 4.69) is 10.3 Å². The van der Waals surface area contributed by atoms with E-state index in [0.29, 0.717) is 5.69 Å². The van der Waals surface area contributed by atoms with Crippen molar-refractivity contribution in [2.75, 3.05) is 11.9 Å². The second-order valence-corrected chi connectivity index (χ2v) is 3.90. The van der Waals surface area contributed by atoms with Gasteiger partial charge < -0.3 is 15.0 Å². The van der Waals surface area contributed by atoms with E-state index in [-0.39, 0.29) is 5.56 Å². The van der Waals surface area contributed by atoms with Crippen molar-refractivity contribution in [2.24, 2.45) is 0 Å². The summed E-state index contributed by atoms with van der Waals surface area (Å²) in [6, 6.07) is 11.6. The highest BCUT2D eigenvalue weighted by Gasteiger charge is 2.13. The summed E-state index contributed by atoms with van der Waals surface area (Å²) in [6.07, 6.45) is 1.40. The molecular formula is C14H12N2O4. The van der Waals surface area contributed by atoms with Crippen LogP contribution >= 0.6 is 0 Å². The molecule has 0 saturated carbocycles. The first-order valence-electron chi connectivity index (χ1n) is 5.86. The summed E-state index contributed by atoms with van der Waals surface area (Å²) in [5.74, 6) is -1.31. The topological polar surface area (TPSA) is 88.3 Å². The number of carbonyl (C=O) groups is 2. The smallest absolute Gasteiger partial charge is 0.344 e. The molecule has 102 valence electrons. The summed E-state index contributed by atoms with van der Waals surface area (Å²) in [7, 11) is 0. The van der Waals surface area contributed by atoms with Crippen molar-refractivity contribution in [3.63, 3.8) is 0 Å². The van der Waals surface area contributed by atoms with E-state index < -0.39 is 24.0 Å². The van der Waals surface area contributed by atoms with Crippen LogP contribution in [0.25, 0.3) is 0 Å². The molecule has 1 aromatic heterocycles. The first kappa shape index (κ1) is 13.5. The number of nitrogens with one attached hydrogen (secondary N) is 2. The zero-order chi connectivity index (χ0) is 14.4. The number of H-pyrrole nitrogens is 1. The number of aromatic nitrogens is 1. The van der Waals surface area contributed by atoms with Gasteiger partial charge in [0.15, 0.2) is 6.61 Å². The molecule has 2 rings (SSSR count). The second-order valence-electron chi connectivity index (χ2n) is 3.90. The molecule has 0 aliphatic heterocycles. The van der Waals surface area contributed by atoms with E-state index >= 15 is 0 Å². The number of pyridine rings is 1. The summed E-state index contributed by atoms with van der Waals surface area (Å²) in [5.41, 5.74) is -0.0907. The lowest BCUT2D eigenvalue weighted by Gasteiger charge is -2.06. The average Bonchev–Trinajstić information content (AvgIpc) is 2.46. The maximum absolute atomic E-state index is 11.6. The molecule has 2 aromatic rings. The number of hydrogen-bond acceptors (Lipinski definition) is 4. The number of carbonyl (C=O) groups excluding carboxylic acids is 2. The third-order valence-corrected chi connectivity index (χ3v) is 2.43. The van der Waals surface area contributed by atoms with Gasteiger partial charge in [-0.2, -0.15) is 0 Å². The lowest BCUT2D eigenvalue weighted by Crippen LogP contribution is -2.24. The highest BCUT2D eigenvalue weighted by atomic mass is 16.5. The van der Waals surface area contributed by atoms with Crippen LogP contribution < -0.4 is 10.9 Å². The third kappa shape index (κ3) is 3.55. The van der Waals surface area contributed by atoms with Crippen LogP contribution in [0.4, 0.5) is 5.69 Å². The number of aromatic amines is 1. The van der Waals surface area contributed by atoms with Gasteiger partial charge in [-0.1, -0.05) is 18.2 Å². The SMILES string of the molecule is O=C(COC(=O)c1ccc[nH]c1=O)Nc1ccccc1. The molecule has 0 fully saturated rings. The highest BCUT2D eigenvalue weighted by Crippen LogP contribution is 2.04. The molecule has 20 heavy (non-hydrogen) atoms. The van der Waals surface area contributed by atoms with E-state index in [1.165, 1.54) is 18.3 Å². The molecule has 0 atom stereocenters. The van der Waals surface area contributed by atoms with E-state index in [1.807, 2.05) is 6.07 Å². The second kappa shape index (κ2) is 6.33.